The van der Waals surface area contributed by atoms with E-state index in [0.29, 0.717) is 0 Å². The van der Waals surface area contributed by atoms with Gasteiger partial charge in [-0.05, 0) is 24.3 Å². The van der Waals surface area contributed by atoms with Crippen LogP contribution in [0.1, 0.15) is 0 Å². The lowest BCUT2D eigenvalue weighted by Crippen LogP contribution is -1.93. The van der Waals surface area contributed by atoms with Crippen LogP contribution < -0.4 is 5.32 Å². The third-order valence-electron chi connectivity index (χ3n) is 3.29. The number of hydrogen-bond donors (Lipinski definition) is 2. The zero-order valence-corrected chi connectivity index (χ0v) is 12.4. The van der Waals surface area contributed by atoms with E-state index in [1.807, 2.05) is 30.3 Å². The molecule has 0 amide bonds. The molecule has 4 aromatic rings. The molecule has 0 spiro atoms. The highest BCUT2D eigenvalue weighted by Gasteiger charge is 2.10. The molecule has 4 rings (SSSR count). The van der Waals surface area contributed by atoms with Crippen LogP contribution in [0.15, 0.2) is 53.7 Å². The van der Waals surface area contributed by atoms with Crippen molar-refractivity contribution < 1.29 is 0 Å². The number of aromatic amines is 1. The Bertz CT molecular complexity index is 947. The summed E-state index contributed by atoms with van der Waals surface area (Å²) in [6, 6.07) is 10.0. The van der Waals surface area contributed by atoms with Gasteiger partial charge in [-0.3, -0.25) is 0 Å². The fourth-order valence-corrected chi connectivity index (χ4v) is 2.76. The van der Waals surface area contributed by atoms with E-state index in [-0.39, 0.29) is 0 Å². The monoisotopic (exact) mass is 339 g/mol. The number of H-pyrrole nitrogens is 1. The Kier molecular flexibility index (Phi) is 2.82. The SMILES string of the molecule is Brc1cccc(Nc2cc3[nH]cncc3c3ncnc23)c1. The van der Waals surface area contributed by atoms with Gasteiger partial charge in [-0.15, -0.1) is 0 Å². The largest absolute Gasteiger partial charge is 0.354 e. The minimum atomic E-state index is 0.837. The van der Waals surface area contributed by atoms with Crippen molar-refractivity contribution in [1.29, 1.82) is 0 Å². The van der Waals surface area contributed by atoms with Crippen LogP contribution in [0.2, 0.25) is 0 Å². The second-order valence-electron chi connectivity index (χ2n) is 4.64. The highest BCUT2D eigenvalue weighted by atomic mass is 79.9. The van der Waals surface area contributed by atoms with Gasteiger partial charge in [-0.2, -0.15) is 0 Å². The number of hydrogen-bond acceptors (Lipinski definition) is 4. The molecule has 0 atom stereocenters. The summed E-state index contributed by atoms with van der Waals surface area (Å²) in [5, 5.41) is 4.36. The molecule has 0 aliphatic carbocycles. The number of anilines is 2. The van der Waals surface area contributed by atoms with Crippen LogP contribution in [0.3, 0.4) is 0 Å². The van der Waals surface area contributed by atoms with Crippen LogP contribution in [0.5, 0.6) is 0 Å². The molecular weight excluding hydrogens is 330 g/mol. The Morgan fingerprint density at radius 3 is 2.90 bits per heavy atom. The number of benzene rings is 2. The summed E-state index contributed by atoms with van der Waals surface area (Å²) in [7, 11) is 0. The van der Waals surface area contributed by atoms with Crippen molar-refractivity contribution in [1.82, 2.24) is 19.9 Å². The van der Waals surface area contributed by atoms with Gasteiger partial charge in [0, 0.05) is 21.7 Å². The van der Waals surface area contributed by atoms with Crippen LogP contribution >= 0.6 is 15.9 Å². The van der Waals surface area contributed by atoms with Gasteiger partial charge in [0.1, 0.15) is 17.4 Å². The number of nitrogens with zero attached hydrogens (tertiary/aromatic N) is 3. The normalized spacial score (nSPS) is 11.1. The summed E-state index contributed by atoms with van der Waals surface area (Å²) in [6.45, 7) is 0. The first-order valence-electron chi connectivity index (χ1n) is 6.40. The molecule has 0 aliphatic heterocycles. The average Bonchev–Trinajstić information content (AvgIpc) is 2.97. The van der Waals surface area contributed by atoms with Crippen molar-refractivity contribution in [3.05, 3.63) is 53.7 Å². The van der Waals surface area contributed by atoms with Crippen LogP contribution in [0.4, 0.5) is 11.4 Å². The molecule has 6 heteroatoms. The molecule has 2 aromatic carbocycles. The third kappa shape index (κ3) is 2.13. The maximum Gasteiger partial charge on any atom is 0.117 e. The Morgan fingerprint density at radius 2 is 2.00 bits per heavy atom. The second-order valence-corrected chi connectivity index (χ2v) is 5.56. The first-order valence-corrected chi connectivity index (χ1v) is 7.19. The van der Waals surface area contributed by atoms with Gasteiger partial charge < -0.3 is 10.3 Å². The summed E-state index contributed by atoms with van der Waals surface area (Å²) in [6.07, 6.45) is 5.03. The van der Waals surface area contributed by atoms with Gasteiger partial charge >= 0.3 is 0 Å². The Hall–Kier alpha value is -2.47. The van der Waals surface area contributed by atoms with E-state index in [0.717, 1.165) is 37.8 Å². The van der Waals surface area contributed by atoms with E-state index in [1.54, 1.807) is 18.9 Å². The molecule has 2 heterocycles. The summed E-state index contributed by atoms with van der Waals surface area (Å²) >= 11 is 3.48. The zero-order chi connectivity index (χ0) is 14.2. The molecule has 0 radical (unpaired) electrons. The standard InChI is InChI=1S/C15H10BrN5/c16-9-2-1-3-10(4-9)21-13-5-12-11(6-17-7-18-12)14-15(13)20-8-19-14/h1-8,21H,(H,17,18). The lowest BCUT2D eigenvalue weighted by atomic mass is 10.1. The van der Waals surface area contributed by atoms with Crippen LogP contribution in [-0.4, -0.2) is 19.9 Å². The van der Waals surface area contributed by atoms with Gasteiger partial charge in [-0.1, -0.05) is 22.0 Å². The predicted octanol–water partition coefficient (Wildman–Crippen LogP) is 4.01. The molecule has 0 bridgehead atoms. The van der Waals surface area contributed by atoms with E-state index in [9.17, 15) is 0 Å². The molecule has 5 nitrogen and oxygen atoms in total. The quantitative estimate of drug-likeness (QED) is 0.579. The third-order valence-corrected chi connectivity index (χ3v) is 3.78. The first-order chi connectivity index (χ1) is 10.3. The molecule has 2 N–H and O–H groups in total. The summed E-state index contributed by atoms with van der Waals surface area (Å²) in [5.41, 5.74) is 4.55. The number of halogens is 1. The fourth-order valence-electron chi connectivity index (χ4n) is 2.36. The maximum atomic E-state index is 4.36. The Balaban J connectivity index is 1.92. The molecule has 21 heavy (non-hydrogen) atoms. The Morgan fingerprint density at radius 1 is 1.10 bits per heavy atom. The number of fused-ring (bicyclic) bond motifs is 3. The van der Waals surface area contributed by atoms with Crippen molar-refractivity contribution in [2.75, 3.05) is 5.32 Å². The van der Waals surface area contributed by atoms with Crippen LogP contribution in [0, 0.1) is 0 Å². The van der Waals surface area contributed by atoms with Crippen molar-refractivity contribution in [3.63, 3.8) is 0 Å². The lowest BCUT2D eigenvalue weighted by molar-refractivity contribution is 1.22. The maximum absolute atomic E-state index is 4.36. The Labute approximate surface area is 128 Å². The van der Waals surface area contributed by atoms with E-state index >= 15 is 0 Å². The van der Waals surface area contributed by atoms with Gasteiger partial charge in [0.05, 0.1) is 17.5 Å². The molecule has 102 valence electrons. The van der Waals surface area contributed by atoms with E-state index < -0.39 is 0 Å². The smallest absolute Gasteiger partial charge is 0.117 e. The molecule has 0 unspecified atom stereocenters. The van der Waals surface area contributed by atoms with E-state index in [4.69, 9.17) is 0 Å². The molecule has 0 fully saturated rings. The highest BCUT2D eigenvalue weighted by Crippen LogP contribution is 2.30. The average molecular weight is 340 g/mol. The number of imidazole rings is 1. The minimum Gasteiger partial charge on any atom is -0.354 e. The topological polar surface area (TPSA) is 66.5 Å². The molecule has 0 aliphatic rings. The molecule has 2 aromatic heterocycles. The number of nitrogens with one attached hydrogen (secondary N) is 2. The van der Waals surface area contributed by atoms with Gasteiger partial charge in [0.15, 0.2) is 0 Å². The van der Waals surface area contributed by atoms with Crippen LogP contribution in [-0.2, 0) is 0 Å². The summed E-state index contributed by atoms with van der Waals surface area (Å²) in [5.74, 6) is 0. The zero-order valence-electron chi connectivity index (χ0n) is 10.8. The highest BCUT2D eigenvalue weighted by molar-refractivity contribution is 9.10. The van der Waals surface area contributed by atoms with Crippen molar-refractivity contribution in [3.8, 4) is 0 Å². The first kappa shape index (κ1) is 12.3. The summed E-state index contributed by atoms with van der Waals surface area (Å²) < 4.78 is 1.02. The summed E-state index contributed by atoms with van der Waals surface area (Å²) in [4.78, 5) is 16.0. The van der Waals surface area contributed by atoms with Crippen molar-refractivity contribution in [2.24, 2.45) is 0 Å². The lowest BCUT2D eigenvalue weighted by Gasteiger charge is -2.09. The molecule has 0 saturated carbocycles. The predicted molar refractivity (Wildman–Crippen MR) is 86.6 cm³/mol. The number of rotatable bonds is 2. The van der Waals surface area contributed by atoms with E-state index in [1.165, 1.54) is 0 Å². The second kappa shape index (κ2) is 4.82. The molecular formula is C15H10BrN5. The fraction of sp³-hybridized carbons (Fsp3) is 0. The van der Waals surface area contributed by atoms with Gasteiger partial charge in [0.25, 0.3) is 0 Å². The number of aromatic nitrogens is 4. The van der Waals surface area contributed by atoms with Gasteiger partial charge in [0.2, 0.25) is 0 Å². The minimum absolute atomic E-state index is 0.837. The molecule has 0 saturated heterocycles. The van der Waals surface area contributed by atoms with Crippen molar-refractivity contribution in [2.45, 2.75) is 0 Å². The van der Waals surface area contributed by atoms with Gasteiger partial charge in [-0.25, -0.2) is 15.0 Å². The van der Waals surface area contributed by atoms with E-state index in [2.05, 4.69) is 41.2 Å². The van der Waals surface area contributed by atoms with Crippen LogP contribution in [0.25, 0.3) is 21.9 Å². The van der Waals surface area contributed by atoms with Crippen molar-refractivity contribution >= 4 is 49.2 Å².